The number of aryl methyl sites for hydroxylation is 1. The highest BCUT2D eigenvalue weighted by Gasteiger charge is 2.23. The lowest BCUT2D eigenvalue weighted by molar-refractivity contribution is 0.0991. The Morgan fingerprint density at radius 2 is 2.26 bits per heavy atom. The topological polar surface area (TPSA) is 54.1 Å². The molecule has 0 aliphatic heterocycles. The van der Waals surface area contributed by atoms with Gasteiger partial charge in [0.1, 0.15) is 5.75 Å². The number of Topliss-reactive ketones (excluding diaryl/α,β-unsaturated/α-hetero) is 1. The van der Waals surface area contributed by atoms with Gasteiger partial charge >= 0.3 is 0 Å². The molecule has 1 saturated carbocycles. The van der Waals surface area contributed by atoms with Crippen molar-refractivity contribution in [2.75, 3.05) is 13.7 Å². The number of rotatable bonds is 5. The minimum atomic E-state index is 0.143. The third-order valence-corrected chi connectivity index (χ3v) is 3.61. The van der Waals surface area contributed by atoms with E-state index >= 15 is 0 Å². The molecule has 1 heterocycles. The van der Waals surface area contributed by atoms with Crippen molar-refractivity contribution < 1.29 is 9.53 Å². The number of methoxy groups -OCH3 is 1. The first-order valence-corrected chi connectivity index (χ1v) is 6.62. The molecule has 3 rings (SSSR count). The Labute approximate surface area is 112 Å². The molecule has 19 heavy (non-hydrogen) atoms. The number of H-pyrrole nitrogens is 1. The Bertz CT molecular complexity index is 626. The smallest absolute Gasteiger partial charge is 0.179 e. The van der Waals surface area contributed by atoms with Crippen molar-refractivity contribution in [3.8, 4) is 5.75 Å². The number of carbonyl (C=O) groups excluding carboxylic acids is 1. The number of aromatic amines is 1. The maximum Gasteiger partial charge on any atom is 0.179 e. The second-order valence-electron chi connectivity index (χ2n) is 5.09. The summed E-state index contributed by atoms with van der Waals surface area (Å²) < 4.78 is 5.33. The van der Waals surface area contributed by atoms with Gasteiger partial charge in [0.2, 0.25) is 0 Å². The quantitative estimate of drug-likeness (QED) is 0.810. The van der Waals surface area contributed by atoms with E-state index in [9.17, 15) is 4.79 Å². The molecule has 0 atom stereocenters. The molecule has 0 amide bonds. The number of aromatic nitrogens is 1. The monoisotopic (exact) mass is 258 g/mol. The summed E-state index contributed by atoms with van der Waals surface area (Å²) in [6.07, 6.45) is 2.38. The molecule has 1 aliphatic carbocycles. The first-order valence-electron chi connectivity index (χ1n) is 6.62. The van der Waals surface area contributed by atoms with Crippen LogP contribution in [0, 0.1) is 6.92 Å². The largest absolute Gasteiger partial charge is 0.495 e. The molecule has 4 heteroatoms. The molecule has 2 N–H and O–H groups in total. The second kappa shape index (κ2) is 4.70. The lowest BCUT2D eigenvalue weighted by Crippen LogP contribution is -2.25. The molecule has 0 saturated heterocycles. The van der Waals surface area contributed by atoms with Crippen LogP contribution >= 0.6 is 0 Å². The summed E-state index contributed by atoms with van der Waals surface area (Å²) >= 11 is 0. The molecule has 1 fully saturated rings. The number of carbonyl (C=O) groups is 1. The number of para-hydroxylation sites is 1. The van der Waals surface area contributed by atoms with Gasteiger partial charge in [0, 0.05) is 22.7 Å². The molecule has 0 unspecified atom stereocenters. The van der Waals surface area contributed by atoms with Gasteiger partial charge < -0.3 is 15.0 Å². The van der Waals surface area contributed by atoms with Gasteiger partial charge in [0.25, 0.3) is 0 Å². The summed E-state index contributed by atoms with van der Waals surface area (Å²) in [5, 5.41) is 4.21. The SMILES string of the molecule is COc1cccc2c(C(=O)CNC3CC3)c(C)[nH]c12. The molecule has 1 aromatic heterocycles. The van der Waals surface area contributed by atoms with E-state index in [-0.39, 0.29) is 5.78 Å². The summed E-state index contributed by atoms with van der Waals surface area (Å²) in [7, 11) is 1.64. The van der Waals surface area contributed by atoms with Crippen molar-refractivity contribution in [3.05, 3.63) is 29.5 Å². The van der Waals surface area contributed by atoms with E-state index < -0.39 is 0 Å². The molecule has 4 nitrogen and oxygen atoms in total. The molecule has 0 spiro atoms. The highest BCUT2D eigenvalue weighted by Crippen LogP contribution is 2.29. The number of nitrogens with one attached hydrogen (secondary N) is 2. The zero-order chi connectivity index (χ0) is 13.4. The average Bonchev–Trinajstić information content (AvgIpc) is 3.16. The van der Waals surface area contributed by atoms with E-state index in [1.807, 2.05) is 25.1 Å². The molecule has 0 radical (unpaired) electrons. The van der Waals surface area contributed by atoms with Gasteiger partial charge in [-0.25, -0.2) is 0 Å². The normalized spacial score (nSPS) is 14.8. The number of fused-ring (bicyclic) bond motifs is 1. The van der Waals surface area contributed by atoms with Crippen LogP contribution in [0.5, 0.6) is 5.75 Å². The molecule has 0 bridgehead atoms. The van der Waals surface area contributed by atoms with Crippen LogP contribution < -0.4 is 10.1 Å². The maximum absolute atomic E-state index is 12.3. The van der Waals surface area contributed by atoms with Gasteiger partial charge in [-0.2, -0.15) is 0 Å². The lowest BCUT2D eigenvalue weighted by Gasteiger charge is -2.03. The number of hydrogen-bond acceptors (Lipinski definition) is 3. The van der Waals surface area contributed by atoms with Crippen LogP contribution in [0.4, 0.5) is 0 Å². The van der Waals surface area contributed by atoms with Crippen LogP contribution in [0.1, 0.15) is 28.9 Å². The first-order chi connectivity index (χ1) is 9.20. The summed E-state index contributed by atoms with van der Waals surface area (Å²) in [5.74, 6) is 0.915. The number of hydrogen-bond donors (Lipinski definition) is 2. The van der Waals surface area contributed by atoms with E-state index in [2.05, 4.69) is 10.3 Å². The molecule has 1 aromatic carbocycles. The van der Waals surface area contributed by atoms with Gasteiger partial charge in [0.05, 0.1) is 19.2 Å². The Morgan fingerprint density at radius 3 is 2.95 bits per heavy atom. The predicted octanol–water partition coefficient (Wildman–Crippen LogP) is 2.42. The van der Waals surface area contributed by atoms with Crippen LogP contribution in [-0.4, -0.2) is 30.5 Å². The van der Waals surface area contributed by atoms with E-state index in [0.29, 0.717) is 12.6 Å². The number of ketones is 1. The molecule has 1 aliphatic rings. The van der Waals surface area contributed by atoms with Crippen molar-refractivity contribution in [2.24, 2.45) is 0 Å². The predicted molar refractivity (Wildman–Crippen MR) is 74.9 cm³/mol. The van der Waals surface area contributed by atoms with Gasteiger partial charge in [-0.15, -0.1) is 0 Å². The highest BCUT2D eigenvalue weighted by atomic mass is 16.5. The van der Waals surface area contributed by atoms with Crippen LogP contribution in [0.25, 0.3) is 10.9 Å². The van der Waals surface area contributed by atoms with Gasteiger partial charge in [-0.05, 0) is 25.8 Å². The Balaban J connectivity index is 1.97. The van der Waals surface area contributed by atoms with E-state index in [4.69, 9.17) is 4.74 Å². The zero-order valence-electron chi connectivity index (χ0n) is 11.2. The first kappa shape index (κ1) is 12.2. The summed E-state index contributed by atoms with van der Waals surface area (Å²) in [5.41, 5.74) is 2.58. The van der Waals surface area contributed by atoms with Crippen LogP contribution in [0.2, 0.25) is 0 Å². The minimum absolute atomic E-state index is 0.143. The Morgan fingerprint density at radius 1 is 1.47 bits per heavy atom. The van der Waals surface area contributed by atoms with Gasteiger partial charge in [-0.3, -0.25) is 4.79 Å². The van der Waals surface area contributed by atoms with Crippen molar-refractivity contribution >= 4 is 16.7 Å². The summed E-state index contributed by atoms with van der Waals surface area (Å²) in [6, 6.07) is 6.32. The fourth-order valence-corrected chi connectivity index (χ4v) is 2.46. The molecular weight excluding hydrogens is 240 g/mol. The van der Waals surface area contributed by atoms with Gasteiger partial charge in [0.15, 0.2) is 5.78 Å². The molecular formula is C15H18N2O2. The third-order valence-electron chi connectivity index (χ3n) is 3.61. The fraction of sp³-hybridized carbons (Fsp3) is 0.400. The van der Waals surface area contributed by atoms with E-state index in [1.54, 1.807) is 7.11 Å². The fourth-order valence-electron chi connectivity index (χ4n) is 2.46. The molecule has 2 aromatic rings. The third kappa shape index (κ3) is 2.24. The Kier molecular flexibility index (Phi) is 3.03. The number of benzene rings is 1. The van der Waals surface area contributed by atoms with Crippen LogP contribution in [-0.2, 0) is 0 Å². The van der Waals surface area contributed by atoms with Crippen molar-refractivity contribution in [1.82, 2.24) is 10.3 Å². The van der Waals surface area contributed by atoms with Crippen molar-refractivity contribution in [2.45, 2.75) is 25.8 Å². The van der Waals surface area contributed by atoms with Gasteiger partial charge in [-0.1, -0.05) is 12.1 Å². The number of ether oxygens (including phenoxy) is 1. The average molecular weight is 258 g/mol. The molecule has 100 valence electrons. The lowest BCUT2D eigenvalue weighted by atomic mass is 10.1. The second-order valence-corrected chi connectivity index (χ2v) is 5.09. The summed E-state index contributed by atoms with van der Waals surface area (Å²) in [6.45, 7) is 2.35. The highest BCUT2D eigenvalue weighted by molar-refractivity contribution is 6.11. The maximum atomic E-state index is 12.3. The van der Waals surface area contributed by atoms with E-state index in [1.165, 1.54) is 12.8 Å². The van der Waals surface area contributed by atoms with Crippen LogP contribution in [0.15, 0.2) is 18.2 Å². The van der Waals surface area contributed by atoms with E-state index in [0.717, 1.165) is 27.9 Å². The Hall–Kier alpha value is -1.81. The standard InChI is InChI=1S/C15H18N2O2/c1-9-14(12(18)8-16-10-6-7-10)11-4-3-5-13(19-2)15(11)17-9/h3-5,10,16-17H,6-8H2,1-2H3. The minimum Gasteiger partial charge on any atom is -0.495 e. The van der Waals surface area contributed by atoms with Crippen LogP contribution in [0.3, 0.4) is 0 Å². The van der Waals surface area contributed by atoms with Crippen molar-refractivity contribution in [3.63, 3.8) is 0 Å². The zero-order valence-corrected chi connectivity index (χ0v) is 11.2. The summed E-state index contributed by atoms with van der Waals surface area (Å²) in [4.78, 5) is 15.6. The van der Waals surface area contributed by atoms with Crippen molar-refractivity contribution in [1.29, 1.82) is 0 Å².